The summed E-state index contributed by atoms with van der Waals surface area (Å²) >= 11 is 0. The molecule has 0 fully saturated rings. The lowest BCUT2D eigenvalue weighted by Gasteiger charge is -2.19. The van der Waals surface area contributed by atoms with Crippen molar-refractivity contribution < 1.29 is 16.1 Å². The molecule has 0 aliphatic carbocycles. The normalized spacial score (nSPS) is 13.8. The van der Waals surface area contributed by atoms with E-state index in [1.165, 1.54) is 0 Å². The Bertz CT molecular complexity index is 276. The number of nitrogens with one attached hydrogen (secondary N) is 2. The second-order valence-electron chi connectivity index (χ2n) is 4.45. The fraction of sp³-hybridized carbons (Fsp3) is 0.833. The Morgan fingerprint density at radius 2 is 2.18 bits per heavy atom. The molecule has 0 aliphatic heterocycles. The molecule has 0 rings (SSSR count). The first-order chi connectivity index (χ1) is 9.01. The molecule has 0 saturated heterocycles. The SMILES string of the molecule is [2H]CC(=O)NC(CC(C)C)C(=O)NCCCCO[2H]. The minimum atomic E-state index is -0.578. The minimum absolute atomic E-state index is 0.220. The van der Waals surface area contributed by atoms with E-state index >= 15 is 0 Å². The lowest BCUT2D eigenvalue weighted by Crippen LogP contribution is -2.46. The average molecular weight is 246 g/mol. The van der Waals surface area contributed by atoms with Gasteiger partial charge < -0.3 is 15.7 Å². The quantitative estimate of drug-likeness (QED) is 0.516. The van der Waals surface area contributed by atoms with Gasteiger partial charge in [0.05, 0.1) is 0 Å². The van der Waals surface area contributed by atoms with E-state index in [1.54, 1.807) is 0 Å². The fourth-order valence-corrected chi connectivity index (χ4v) is 1.46. The van der Waals surface area contributed by atoms with Gasteiger partial charge in [0.2, 0.25) is 13.2 Å². The molecule has 0 radical (unpaired) electrons. The fourth-order valence-electron chi connectivity index (χ4n) is 1.46. The van der Waals surface area contributed by atoms with Crippen LogP contribution in [0.5, 0.6) is 0 Å². The Labute approximate surface area is 106 Å². The van der Waals surface area contributed by atoms with E-state index in [0.717, 1.165) is 6.42 Å². The molecule has 100 valence electrons. The van der Waals surface area contributed by atoms with Gasteiger partial charge in [-0.05, 0) is 25.2 Å². The third kappa shape index (κ3) is 8.68. The zero-order chi connectivity index (χ0) is 14.7. The number of hydrogen-bond donors (Lipinski definition) is 3. The van der Waals surface area contributed by atoms with Crippen molar-refractivity contribution in [3.63, 3.8) is 0 Å². The summed E-state index contributed by atoms with van der Waals surface area (Å²) in [5, 5.41) is 9.48. The lowest BCUT2D eigenvalue weighted by atomic mass is 10.0. The van der Waals surface area contributed by atoms with Gasteiger partial charge in [-0.15, -0.1) is 0 Å². The summed E-state index contributed by atoms with van der Waals surface area (Å²) in [5.74, 6) is -0.385. The molecule has 0 aromatic rings. The predicted octanol–water partition coefficient (Wildman–Crippen LogP) is 0.426. The van der Waals surface area contributed by atoms with Gasteiger partial charge in [0.15, 0.2) is 0 Å². The summed E-state index contributed by atoms with van der Waals surface area (Å²) in [6.07, 6.45) is 1.98. The number of hydrogen-bond acceptors (Lipinski definition) is 3. The summed E-state index contributed by atoms with van der Waals surface area (Å²) in [7, 11) is 0. The van der Waals surface area contributed by atoms with E-state index in [9.17, 15) is 9.59 Å². The van der Waals surface area contributed by atoms with E-state index in [0.29, 0.717) is 26.0 Å². The molecule has 17 heavy (non-hydrogen) atoms. The molecule has 0 saturated carbocycles. The van der Waals surface area contributed by atoms with Crippen LogP contribution in [-0.2, 0) is 9.59 Å². The number of aliphatic hydroxyl groups excluding tert-OH is 1. The highest BCUT2D eigenvalue weighted by molar-refractivity contribution is 5.86. The van der Waals surface area contributed by atoms with E-state index in [1.807, 2.05) is 13.8 Å². The summed E-state index contributed by atoms with van der Waals surface area (Å²) in [5.41, 5.74) is 0. The van der Waals surface area contributed by atoms with Gasteiger partial charge in [-0.1, -0.05) is 13.8 Å². The molecule has 2 amide bonds. The second kappa shape index (κ2) is 8.98. The monoisotopic (exact) mass is 246 g/mol. The molecule has 0 aromatic heterocycles. The Hall–Kier alpha value is -1.10. The zero-order valence-electron chi connectivity index (χ0n) is 12.6. The Kier molecular flexibility index (Phi) is 6.53. The maximum absolute atomic E-state index is 11.9. The van der Waals surface area contributed by atoms with Crippen LogP contribution in [0.15, 0.2) is 0 Å². The third-order valence-electron chi connectivity index (χ3n) is 2.23. The molecular weight excluding hydrogens is 220 g/mol. The maximum Gasteiger partial charge on any atom is 0.242 e. The van der Waals surface area contributed by atoms with Gasteiger partial charge >= 0.3 is 0 Å². The smallest absolute Gasteiger partial charge is 0.242 e. The molecule has 0 aromatic carbocycles. The van der Waals surface area contributed by atoms with E-state index < -0.39 is 11.9 Å². The number of carbonyl (C=O) groups is 2. The van der Waals surface area contributed by atoms with Crippen LogP contribution in [0.25, 0.3) is 0 Å². The standard InChI is InChI=1S/C12H24N2O3/c1-9(2)8-11(14-10(3)16)12(17)13-6-4-5-7-15/h9,11,15H,4-8H2,1-3H3,(H,13,17)(H,14,16)/i3D,15D. The first-order valence-electron chi connectivity index (χ1n) is 7.07. The van der Waals surface area contributed by atoms with Crippen molar-refractivity contribution in [2.75, 3.05) is 13.2 Å². The van der Waals surface area contributed by atoms with Crippen LogP contribution >= 0.6 is 0 Å². The second-order valence-corrected chi connectivity index (χ2v) is 4.45. The van der Waals surface area contributed by atoms with Crippen molar-refractivity contribution in [1.82, 2.24) is 10.6 Å². The molecule has 5 nitrogen and oxygen atoms in total. The largest absolute Gasteiger partial charge is 0.396 e. The van der Waals surface area contributed by atoms with E-state index in [2.05, 4.69) is 15.7 Å². The summed E-state index contributed by atoms with van der Waals surface area (Å²) in [6, 6.07) is -0.578. The van der Waals surface area contributed by atoms with Crippen LogP contribution in [-0.4, -0.2) is 37.5 Å². The molecule has 1 atom stereocenters. The molecular formula is C12H24N2O3. The van der Waals surface area contributed by atoms with E-state index in [-0.39, 0.29) is 18.7 Å². The van der Waals surface area contributed by atoms with Crippen molar-refractivity contribution in [2.45, 2.75) is 46.1 Å². The van der Waals surface area contributed by atoms with Crippen LogP contribution < -0.4 is 10.6 Å². The van der Waals surface area contributed by atoms with Gasteiger partial charge in [-0.2, -0.15) is 0 Å². The van der Waals surface area contributed by atoms with Crippen LogP contribution in [0.4, 0.5) is 0 Å². The lowest BCUT2D eigenvalue weighted by molar-refractivity contribution is -0.128. The molecule has 0 aliphatic rings. The number of amides is 2. The van der Waals surface area contributed by atoms with Crippen molar-refractivity contribution >= 4 is 11.8 Å². The van der Waals surface area contributed by atoms with Crippen molar-refractivity contribution in [1.29, 1.82) is 1.43 Å². The Balaban J connectivity index is 4.11. The van der Waals surface area contributed by atoms with Gasteiger partial charge in [0.25, 0.3) is 0 Å². The van der Waals surface area contributed by atoms with Crippen molar-refractivity contribution in [2.24, 2.45) is 5.92 Å². The molecule has 0 heterocycles. The first-order valence-corrected chi connectivity index (χ1v) is 5.95. The molecule has 1 unspecified atom stereocenters. The molecule has 3 N–H and O–H groups in total. The highest BCUT2D eigenvalue weighted by Gasteiger charge is 2.19. The van der Waals surface area contributed by atoms with Gasteiger partial charge in [0, 0.05) is 21.4 Å². The van der Waals surface area contributed by atoms with Crippen molar-refractivity contribution in [3.8, 4) is 0 Å². The minimum Gasteiger partial charge on any atom is -0.396 e. The highest BCUT2D eigenvalue weighted by Crippen LogP contribution is 2.05. The number of rotatable bonds is 9. The topological polar surface area (TPSA) is 78.4 Å². The highest BCUT2D eigenvalue weighted by atomic mass is 16.3. The van der Waals surface area contributed by atoms with Gasteiger partial charge in [-0.3, -0.25) is 9.59 Å². The molecule has 5 heteroatoms. The molecule has 0 bridgehead atoms. The van der Waals surface area contributed by atoms with Crippen LogP contribution in [0, 0.1) is 5.92 Å². The number of aliphatic hydroxyl groups is 1. The van der Waals surface area contributed by atoms with Crippen LogP contribution in [0.2, 0.25) is 0 Å². The summed E-state index contributed by atoms with van der Waals surface area (Å²) < 4.78 is 13.5. The van der Waals surface area contributed by atoms with Gasteiger partial charge in [0.1, 0.15) is 6.04 Å². The van der Waals surface area contributed by atoms with Gasteiger partial charge in [-0.25, -0.2) is 0 Å². The average Bonchev–Trinajstić information content (AvgIpc) is 2.36. The maximum atomic E-state index is 11.9. The van der Waals surface area contributed by atoms with Crippen molar-refractivity contribution in [3.05, 3.63) is 0 Å². The van der Waals surface area contributed by atoms with Crippen LogP contribution in [0.3, 0.4) is 0 Å². The van der Waals surface area contributed by atoms with E-state index in [4.69, 9.17) is 2.80 Å². The predicted molar refractivity (Wildman–Crippen MR) is 66.4 cm³/mol. The molecule has 0 spiro atoms. The number of carbonyl (C=O) groups excluding carboxylic acids is 2. The number of unbranched alkanes of at least 4 members (excludes halogenated alkanes) is 1. The summed E-state index contributed by atoms with van der Waals surface area (Å²) in [4.78, 5) is 23.1. The third-order valence-corrected chi connectivity index (χ3v) is 2.23. The Morgan fingerprint density at radius 3 is 2.76 bits per heavy atom. The summed E-state index contributed by atoms with van der Waals surface area (Å²) in [6.45, 7) is 4.41. The first kappa shape index (κ1) is 12.4. The Morgan fingerprint density at radius 1 is 1.41 bits per heavy atom. The zero-order valence-corrected chi connectivity index (χ0v) is 10.6. The van der Waals surface area contributed by atoms with Crippen LogP contribution in [0.1, 0.15) is 41.4 Å².